The van der Waals surface area contributed by atoms with Crippen molar-refractivity contribution in [1.29, 1.82) is 0 Å². The first kappa shape index (κ1) is 27.3. The van der Waals surface area contributed by atoms with Gasteiger partial charge in [0.15, 0.2) is 0 Å². The Morgan fingerprint density at radius 2 is 0.769 bits per heavy atom. The number of aliphatic hydroxyl groups is 1. The van der Waals surface area contributed by atoms with Gasteiger partial charge in [-0.15, -0.1) is 0 Å². The lowest BCUT2D eigenvalue weighted by Crippen LogP contribution is -2.59. The standard InChI is InChI=1S/C34H36O5/c35-30-21-31(36-22-26-13-5-1-6-14-26)33(38-24-28-17-9-3-10-18-28)34(39-25-29-19-11-4-12-20-29)32(30)37-23-27-15-7-2-8-16-27/h1-20,30-35H,21-25H2/t30-,31-,32-,33-,34-/m1/s1. The van der Waals surface area contributed by atoms with E-state index in [2.05, 4.69) is 0 Å². The molecule has 5 atom stereocenters. The first-order chi connectivity index (χ1) is 19.3. The Morgan fingerprint density at radius 3 is 1.18 bits per heavy atom. The van der Waals surface area contributed by atoms with Crippen LogP contribution in [0.5, 0.6) is 0 Å². The highest BCUT2D eigenvalue weighted by Crippen LogP contribution is 2.32. The molecule has 39 heavy (non-hydrogen) atoms. The largest absolute Gasteiger partial charge is 0.390 e. The van der Waals surface area contributed by atoms with Crippen LogP contribution in [0, 0.1) is 0 Å². The maximum absolute atomic E-state index is 11.3. The first-order valence-corrected chi connectivity index (χ1v) is 13.6. The molecule has 0 bridgehead atoms. The molecule has 4 aromatic carbocycles. The van der Waals surface area contributed by atoms with Crippen LogP contribution >= 0.6 is 0 Å². The number of ether oxygens (including phenoxy) is 4. The maximum atomic E-state index is 11.3. The van der Waals surface area contributed by atoms with Crippen molar-refractivity contribution >= 4 is 0 Å². The summed E-state index contributed by atoms with van der Waals surface area (Å²) in [5.74, 6) is 0. The maximum Gasteiger partial charge on any atom is 0.115 e. The van der Waals surface area contributed by atoms with Crippen LogP contribution in [-0.2, 0) is 45.4 Å². The fourth-order valence-corrected chi connectivity index (χ4v) is 4.96. The molecule has 202 valence electrons. The van der Waals surface area contributed by atoms with E-state index in [4.69, 9.17) is 18.9 Å². The van der Waals surface area contributed by atoms with E-state index >= 15 is 0 Å². The van der Waals surface area contributed by atoms with Crippen LogP contribution < -0.4 is 0 Å². The Kier molecular flexibility index (Phi) is 9.91. The van der Waals surface area contributed by atoms with Gasteiger partial charge >= 0.3 is 0 Å². The number of hydrogen-bond donors (Lipinski definition) is 1. The topological polar surface area (TPSA) is 57.2 Å². The lowest BCUT2D eigenvalue weighted by atomic mass is 9.86. The Morgan fingerprint density at radius 1 is 0.436 bits per heavy atom. The molecule has 0 aromatic heterocycles. The molecule has 4 aromatic rings. The Balaban J connectivity index is 1.38. The Labute approximate surface area is 230 Å². The van der Waals surface area contributed by atoms with Gasteiger partial charge in [0.2, 0.25) is 0 Å². The van der Waals surface area contributed by atoms with Gasteiger partial charge in [-0.1, -0.05) is 121 Å². The van der Waals surface area contributed by atoms with Crippen molar-refractivity contribution in [1.82, 2.24) is 0 Å². The SMILES string of the molecule is O[C@@H]1C[C@@H](OCc2ccccc2)[C@@H](OCc2ccccc2)[C@H](OCc2ccccc2)[C@@H]1OCc1ccccc1. The minimum Gasteiger partial charge on any atom is -0.390 e. The summed E-state index contributed by atoms with van der Waals surface area (Å²) in [5.41, 5.74) is 4.21. The molecule has 0 radical (unpaired) electrons. The zero-order valence-corrected chi connectivity index (χ0v) is 22.0. The molecule has 0 aliphatic heterocycles. The van der Waals surface area contributed by atoms with Crippen molar-refractivity contribution in [3.05, 3.63) is 144 Å². The van der Waals surface area contributed by atoms with Crippen LogP contribution in [0.3, 0.4) is 0 Å². The van der Waals surface area contributed by atoms with Crippen molar-refractivity contribution in [3.63, 3.8) is 0 Å². The van der Waals surface area contributed by atoms with Crippen molar-refractivity contribution in [2.45, 2.75) is 63.4 Å². The van der Waals surface area contributed by atoms with E-state index in [1.54, 1.807) is 0 Å². The third-order valence-electron chi connectivity index (χ3n) is 7.03. The molecular weight excluding hydrogens is 488 g/mol. The smallest absolute Gasteiger partial charge is 0.115 e. The molecule has 0 unspecified atom stereocenters. The van der Waals surface area contributed by atoms with Gasteiger partial charge in [-0.2, -0.15) is 0 Å². The zero-order chi connectivity index (χ0) is 26.7. The van der Waals surface area contributed by atoms with Crippen LogP contribution in [0.25, 0.3) is 0 Å². The van der Waals surface area contributed by atoms with E-state index in [0.29, 0.717) is 32.8 Å². The summed E-state index contributed by atoms with van der Waals surface area (Å²) in [6.45, 7) is 1.57. The van der Waals surface area contributed by atoms with E-state index in [0.717, 1.165) is 22.3 Å². The average Bonchev–Trinajstić information content (AvgIpc) is 3.00. The second-order valence-electron chi connectivity index (χ2n) is 9.92. The summed E-state index contributed by atoms with van der Waals surface area (Å²) in [5, 5.41) is 11.3. The molecule has 1 saturated carbocycles. The molecule has 5 nitrogen and oxygen atoms in total. The molecule has 0 spiro atoms. The Hall–Kier alpha value is -3.32. The van der Waals surface area contributed by atoms with Crippen LogP contribution in [-0.4, -0.2) is 35.6 Å². The molecule has 1 fully saturated rings. The van der Waals surface area contributed by atoms with Crippen molar-refractivity contribution in [2.24, 2.45) is 0 Å². The lowest BCUT2D eigenvalue weighted by Gasteiger charge is -2.44. The van der Waals surface area contributed by atoms with Gasteiger partial charge in [0, 0.05) is 6.42 Å². The van der Waals surface area contributed by atoms with Gasteiger partial charge in [0.25, 0.3) is 0 Å². The van der Waals surface area contributed by atoms with Gasteiger partial charge in [0.05, 0.1) is 38.6 Å². The summed E-state index contributed by atoms with van der Waals surface area (Å²) in [7, 11) is 0. The monoisotopic (exact) mass is 524 g/mol. The average molecular weight is 525 g/mol. The number of aliphatic hydroxyl groups excluding tert-OH is 1. The second kappa shape index (κ2) is 14.2. The normalized spacial score (nSPS) is 22.9. The van der Waals surface area contributed by atoms with E-state index in [1.165, 1.54) is 0 Å². The summed E-state index contributed by atoms with van der Waals surface area (Å²) in [6.07, 6.45) is -2.32. The lowest BCUT2D eigenvalue weighted by molar-refractivity contribution is -0.240. The van der Waals surface area contributed by atoms with Crippen LogP contribution in [0.1, 0.15) is 28.7 Å². The quantitative estimate of drug-likeness (QED) is 0.243. The first-order valence-electron chi connectivity index (χ1n) is 13.6. The molecule has 0 amide bonds. The van der Waals surface area contributed by atoms with E-state index in [-0.39, 0.29) is 6.10 Å². The van der Waals surface area contributed by atoms with E-state index in [9.17, 15) is 5.11 Å². The minimum absolute atomic E-state index is 0.370. The van der Waals surface area contributed by atoms with Gasteiger partial charge in [-0.05, 0) is 22.3 Å². The molecule has 1 aliphatic rings. The minimum atomic E-state index is -0.771. The summed E-state index contributed by atoms with van der Waals surface area (Å²) < 4.78 is 25.9. The van der Waals surface area contributed by atoms with Gasteiger partial charge in [-0.25, -0.2) is 0 Å². The molecule has 0 heterocycles. The van der Waals surface area contributed by atoms with E-state index < -0.39 is 24.4 Å². The second-order valence-corrected chi connectivity index (χ2v) is 9.92. The van der Waals surface area contributed by atoms with Gasteiger partial charge in [0.1, 0.15) is 18.3 Å². The molecule has 5 heteroatoms. The highest BCUT2D eigenvalue weighted by atomic mass is 16.6. The molecule has 1 N–H and O–H groups in total. The highest BCUT2D eigenvalue weighted by Gasteiger charge is 2.47. The molecule has 1 aliphatic carbocycles. The molecule has 5 rings (SSSR count). The van der Waals surface area contributed by atoms with Crippen LogP contribution in [0.4, 0.5) is 0 Å². The fourth-order valence-electron chi connectivity index (χ4n) is 4.96. The third kappa shape index (κ3) is 7.85. The predicted molar refractivity (Wildman–Crippen MR) is 151 cm³/mol. The summed E-state index contributed by atoms with van der Waals surface area (Å²) >= 11 is 0. The summed E-state index contributed by atoms with van der Waals surface area (Å²) in [6, 6.07) is 40.1. The van der Waals surface area contributed by atoms with Crippen LogP contribution in [0.15, 0.2) is 121 Å². The predicted octanol–water partition coefficient (Wildman–Crippen LogP) is 6.09. The van der Waals surface area contributed by atoms with Gasteiger partial charge in [-0.3, -0.25) is 0 Å². The zero-order valence-electron chi connectivity index (χ0n) is 22.0. The van der Waals surface area contributed by atoms with E-state index in [1.807, 2.05) is 121 Å². The number of benzene rings is 4. The van der Waals surface area contributed by atoms with Crippen molar-refractivity contribution in [2.75, 3.05) is 0 Å². The van der Waals surface area contributed by atoms with Gasteiger partial charge < -0.3 is 24.1 Å². The third-order valence-corrected chi connectivity index (χ3v) is 7.03. The van der Waals surface area contributed by atoms with Crippen molar-refractivity contribution < 1.29 is 24.1 Å². The molecular formula is C34H36O5. The fraction of sp³-hybridized carbons (Fsp3) is 0.294. The van der Waals surface area contributed by atoms with Crippen LogP contribution in [0.2, 0.25) is 0 Å². The van der Waals surface area contributed by atoms with Crippen molar-refractivity contribution in [3.8, 4) is 0 Å². The highest BCUT2D eigenvalue weighted by molar-refractivity contribution is 5.16. The Bertz CT molecular complexity index is 1220. The number of hydrogen-bond acceptors (Lipinski definition) is 5. The summed E-state index contributed by atoms with van der Waals surface area (Å²) in [4.78, 5) is 0. The molecule has 0 saturated heterocycles. The number of rotatable bonds is 12.